The number of carboxylic acid groups (broad SMARTS) is 1. The largest absolute Gasteiger partial charge is 2.00 e. The number of aliphatic carboxylic acids is 1. The Morgan fingerprint density at radius 2 is 1.55 bits per heavy atom. The molecule has 4 aliphatic carbocycles. The van der Waals surface area contributed by atoms with Crippen LogP contribution in [0.4, 0.5) is 0 Å². The molecule has 0 spiro atoms. The summed E-state index contributed by atoms with van der Waals surface area (Å²) in [5.74, 6) is 0.675. The van der Waals surface area contributed by atoms with Crippen molar-refractivity contribution in [3.8, 4) is 0 Å². The molecule has 8 nitrogen and oxygen atoms in total. The maximum atomic E-state index is 12.7. The summed E-state index contributed by atoms with van der Waals surface area (Å²) in [6.45, 7) is 9.40. The van der Waals surface area contributed by atoms with Crippen molar-refractivity contribution in [2.24, 2.45) is 52.1 Å². The SMILES string of the molecule is CC(CCC(=O)O)[C@H]1CCC2C3C(O)CC4CC(OC(=O)CCCCCCCCCNCCN)CC[C@]4(C)C3CC(O)[C@@]21C.Cl.Cl.[Pt+2]. The summed E-state index contributed by atoms with van der Waals surface area (Å²) in [4.78, 5) is 24.0. The van der Waals surface area contributed by atoms with E-state index in [1.807, 2.05) is 0 Å². The van der Waals surface area contributed by atoms with E-state index in [1.54, 1.807) is 0 Å². The summed E-state index contributed by atoms with van der Waals surface area (Å²) in [6.07, 6.45) is 14.5. The monoisotopic (exact) mass is 887 g/mol. The number of carboxylic acids is 1. The van der Waals surface area contributed by atoms with Crippen LogP contribution in [0.15, 0.2) is 0 Å². The van der Waals surface area contributed by atoms with Crippen molar-refractivity contribution in [2.45, 2.75) is 148 Å². The molecule has 4 saturated carbocycles. The zero-order valence-corrected chi connectivity index (χ0v) is 33.0. The number of aliphatic hydroxyl groups is 2. The van der Waals surface area contributed by atoms with Crippen LogP contribution in [0.5, 0.6) is 0 Å². The van der Waals surface area contributed by atoms with Gasteiger partial charge in [-0.3, -0.25) is 9.59 Å². The van der Waals surface area contributed by atoms with Gasteiger partial charge < -0.3 is 31.1 Å². The number of esters is 1. The molecule has 0 aromatic rings. The fourth-order valence-corrected chi connectivity index (χ4v) is 10.6. The van der Waals surface area contributed by atoms with Crippen LogP contribution in [0.25, 0.3) is 0 Å². The second-order valence-corrected chi connectivity index (χ2v) is 15.7. The van der Waals surface area contributed by atoms with Gasteiger partial charge in [-0.2, -0.15) is 0 Å². The number of carbonyl (C=O) groups excluding carboxylic acids is 1. The van der Waals surface area contributed by atoms with Crippen molar-refractivity contribution in [3.63, 3.8) is 0 Å². The second kappa shape index (κ2) is 20.8. The molecule has 0 aliphatic heterocycles. The van der Waals surface area contributed by atoms with Crippen LogP contribution in [0.1, 0.15) is 130 Å². The summed E-state index contributed by atoms with van der Waals surface area (Å²) in [7, 11) is 0. The fraction of sp³-hybridized carbons (Fsp3) is 0.944. The van der Waals surface area contributed by atoms with Gasteiger partial charge in [-0.15, -0.1) is 24.8 Å². The minimum absolute atomic E-state index is 0. The Balaban J connectivity index is 0.00000368. The van der Waals surface area contributed by atoms with Crippen LogP contribution in [-0.2, 0) is 35.4 Å². The van der Waals surface area contributed by atoms with E-state index in [-0.39, 0.29) is 105 Å². The molecule has 4 rings (SSSR count). The van der Waals surface area contributed by atoms with Crippen LogP contribution in [0.3, 0.4) is 0 Å². The number of ether oxygens (including phenoxy) is 1. The van der Waals surface area contributed by atoms with Gasteiger partial charge in [0.15, 0.2) is 0 Å². The number of aliphatic hydroxyl groups excluding tert-OH is 2. The standard InChI is InChI=1S/C36H64N2O6.2ClH.Pt/c1-24(12-15-32(41)42)27-13-14-28-34-29(23-31(40)36(27,28)3)35(2)17-16-26(21-25(35)22-30(34)39)44-33(43)11-9-7-5-4-6-8-10-19-38-20-18-37;;;/h24-31,34,38-40H,4-23,37H2,1-3H3,(H,41,42);2*1H;/q;;;+2/t24?,25?,26?,27-,28?,29?,30?,31?,34?,35+,36-;;;/m1.../s1. The van der Waals surface area contributed by atoms with Crippen molar-refractivity contribution in [3.05, 3.63) is 0 Å². The molecule has 0 radical (unpaired) electrons. The number of nitrogens with two attached hydrogens (primary N) is 1. The topological polar surface area (TPSA) is 142 Å². The third-order valence-electron chi connectivity index (χ3n) is 13.2. The fourth-order valence-electron chi connectivity index (χ4n) is 10.6. The number of nitrogens with one attached hydrogen (secondary N) is 1. The van der Waals surface area contributed by atoms with Crippen molar-refractivity contribution in [1.82, 2.24) is 5.32 Å². The van der Waals surface area contributed by atoms with Gasteiger partial charge in [0.25, 0.3) is 0 Å². The number of unbranched alkanes of at least 4 members (excludes halogenated alkanes) is 6. The van der Waals surface area contributed by atoms with Crippen LogP contribution >= 0.6 is 24.8 Å². The first-order valence-corrected chi connectivity index (χ1v) is 18.2. The summed E-state index contributed by atoms with van der Waals surface area (Å²) in [5, 5.41) is 36.0. The average molecular weight is 889 g/mol. The molecule has 47 heavy (non-hydrogen) atoms. The Hall–Kier alpha value is 0.0483. The third kappa shape index (κ3) is 10.8. The van der Waals surface area contributed by atoms with Crippen LogP contribution in [0.2, 0.25) is 0 Å². The first-order chi connectivity index (χ1) is 21.0. The Kier molecular flexibility index (Phi) is 19.9. The Morgan fingerprint density at radius 3 is 2.21 bits per heavy atom. The molecule has 4 aliphatic rings. The van der Waals surface area contributed by atoms with Gasteiger partial charge in [0.1, 0.15) is 6.10 Å². The zero-order valence-electron chi connectivity index (χ0n) is 29.1. The number of fused-ring (bicyclic) bond motifs is 5. The van der Waals surface area contributed by atoms with Crippen LogP contribution < -0.4 is 11.1 Å². The van der Waals surface area contributed by atoms with E-state index in [0.29, 0.717) is 31.7 Å². The van der Waals surface area contributed by atoms with E-state index < -0.39 is 18.2 Å². The van der Waals surface area contributed by atoms with Gasteiger partial charge in [0, 0.05) is 25.9 Å². The molecule has 11 heteroatoms. The van der Waals surface area contributed by atoms with Crippen molar-refractivity contribution < 1.29 is 50.7 Å². The zero-order chi connectivity index (χ0) is 31.9. The molecule has 0 aromatic heterocycles. The van der Waals surface area contributed by atoms with Crippen molar-refractivity contribution in [2.75, 3.05) is 19.6 Å². The predicted octanol–water partition coefficient (Wildman–Crippen LogP) is 6.51. The molecule has 6 N–H and O–H groups in total. The van der Waals surface area contributed by atoms with E-state index in [1.165, 1.54) is 32.1 Å². The Bertz CT molecular complexity index is 951. The van der Waals surface area contributed by atoms with E-state index in [2.05, 4.69) is 26.1 Å². The Morgan fingerprint density at radius 1 is 0.894 bits per heavy atom. The van der Waals surface area contributed by atoms with Gasteiger partial charge in [-0.05, 0) is 117 Å². The smallest absolute Gasteiger partial charge is 0.481 e. The molecule has 0 saturated heterocycles. The third-order valence-corrected chi connectivity index (χ3v) is 13.2. The minimum Gasteiger partial charge on any atom is -0.481 e. The molecule has 0 heterocycles. The normalized spacial score (nSPS) is 36.3. The maximum Gasteiger partial charge on any atom is 2.00 e. The average Bonchev–Trinajstić information content (AvgIpc) is 3.34. The van der Waals surface area contributed by atoms with Gasteiger partial charge >= 0.3 is 33.0 Å². The molecule has 0 aromatic carbocycles. The molecule has 8 unspecified atom stereocenters. The van der Waals surface area contributed by atoms with Gasteiger partial charge in [-0.1, -0.05) is 52.9 Å². The van der Waals surface area contributed by atoms with E-state index in [0.717, 1.165) is 64.5 Å². The van der Waals surface area contributed by atoms with E-state index in [9.17, 15) is 24.9 Å². The number of halogens is 2. The van der Waals surface area contributed by atoms with Crippen LogP contribution in [-0.4, -0.2) is 65.2 Å². The summed E-state index contributed by atoms with van der Waals surface area (Å²) in [6, 6.07) is 0. The molecule has 11 atom stereocenters. The number of carbonyl (C=O) groups is 2. The second-order valence-electron chi connectivity index (χ2n) is 15.7. The van der Waals surface area contributed by atoms with E-state index >= 15 is 0 Å². The maximum absolute atomic E-state index is 12.7. The molecule has 0 amide bonds. The molecular weight excluding hydrogens is 822 g/mol. The molecule has 4 fully saturated rings. The van der Waals surface area contributed by atoms with Crippen LogP contribution in [0, 0.1) is 46.3 Å². The quantitative estimate of drug-likeness (QED) is 0.0823. The van der Waals surface area contributed by atoms with Gasteiger partial charge in [0.2, 0.25) is 0 Å². The number of hydrogen-bond acceptors (Lipinski definition) is 7. The summed E-state index contributed by atoms with van der Waals surface area (Å²) < 4.78 is 6.01. The minimum atomic E-state index is -0.756. The van der Waals surface area contributed by atoms with E-state index in [4.69, 9.17) is 10.5 Å². The molecular formula is C36H66Cl2N2O6Pt+2. The first-order valence-electron chi connectivity index (χ1n) is 18.2. The number of rotatable bonds is 17. The first kappa shape index (κ1) is 45.1. The summed E-state index contributed by atoms with van der Waals surface area (Å²) >= 11 is 0. The van der Waals surface area contributed by atoms with Gasteiger partial charge in [0.05, 0.1) is 12.2 Å². The van der Waals surface area contributed by atoms with Gasteiger partial charge in [-0.25, -0.2) is 0 Å². The molecule has 278 valence electrons. The number of hydrogen-bond donors (Lipinski definition) is 5. The Labute approximate surface area is 311 Å². The van der Waals surface area contributed by atoms with Crippen molar-refractivity contribution >= 4 is 36.8 Å². The summed E-state index contributed by atoms with van der Waals surface area (Å²) in [5.41, 5.74) is 5.24. The van der Waals surface area contributed by atoms with Crippen molar-refractivity contribution in [1.29, 1.82) is 0 Å². The molecule has 0 bridgehead atoms. The predicted molar refractivity (Wildman–Crippen MR) is 187 cm³/mol.